The van der Waals surface area contributed by atoms with Crippen molar-refractivity contribution in [2.24, 2.45) is 4.99 Å². The maximum absolute atomic E-state index is 12.3. The van der Waals surface area contributed by atoms with Gasteiger partial charge in [0, 0.05) is 38.5 Å². The van der Waals surface area contributed by atoms with Crippen LogP contribution in [0.5, 0.6) is 0 Å². The van der Waals surface area contributed by atoms with Crippen LogP contribution < -0.4 is 10.6 Å². The number of aromatic nitrogens is 1. The normalized spacial score (nSPS) is 17.9. The molecule has 0 bridgehead atoms. The van der Waals surface area contributed by atoms with Gasteiger partial charge < -0.3 is 19.8 Å². The first kappa shape index (κ1) is 24.2. The Morgan fingerprint density at radius 1 is 1.30 bits per heavy atom. The summed E-state index contributed by atoms with van der Waals surface area (Å²) in [4.78, 5) is 8.42. The Kier molecular flexibility index (Phi) is 8.54. The summed E-state index contributed by atoms with van der Waals surface area (Å²) in [6.07, 6.45) is 3.97. The lowest BCUT2D eigenvalue weighted by Gasteiger charge is -2.35. The third-order valence-corrected chi connectivity index (χ3v) is 6.82. The number of rotatable bonds is 5. The van der Waals surface area contributed by atoms with E-state index in [9.17, 15) is 8.42 Å². The maximum atomic E-state index is 12.3. The molecule has 1 fully saturated rings. The molecule has 0 aromatic carbocycles. The van der Waals surface area contributed by atoms with Crippen molar-refractivity contribution in [2.45, 2.75) is 50.3 Å². The van der Waals surface area contributed by atoms with Gasteiger partial charge in [-0.2, -0.15) is 0 Å². The number of nitrogens with one attached hydrogen (secondary N) is 2. The third kappa shape index (κ3) is 6.31. The second kappa shape index (κ2) is 9.55. The molecule has 1 aliphatic heterocycles. The fourth-order valence-corrected chi connectivity index (χ4v) is 4.03. The predicted octanol–water partition coefficient (Wildman–Crippen LogP) is 1.85. The van der Waals surface area contributed by atoms with Crippen LogP contribution in [-0.4, -0.2) is 57.2 Å². The average Bonchev–Trinajstić information content (AvgIpc) is 3.04. The van der Waals surface area contributed by atoms with Crippen LogP contribution in [0.1, 0.15) is 45.3 Å². The average molecular weight is 514 g/mol. The summed E-state index contributed by atoms with van der Waals surface area (Å²) in [6.45, 7) is 7.73. The molecule has 0 radical (unpaired) electrons. The molecular weight excluding hydrogens is 483 g/mol. The minimum atomic E-state index is -3.23. The van der Waals surface area contributed by atoms with Crippen LogP contribution in [-0.2, 0) is 26.5 Å². The van der Waals surface area contributed by atoms with E-state index in [1.807, 2.05) is 0 Å². The molecule has 0 unspecified atom stereocenters. The van der Waals surface area contributed by atoms with Gasteiger partial charge in [-0.3, -0.25) is 4.99 Å². The Bertz CT molecular complexity index is 734. The van der Waals surface area contributed by atoms with E-state index in [0.29, 0.717) is 44.5 Å². The number of hydrogen-bond donors (Lipinski definition) is 2. The van der Waals surface area contributed by atoms with Crippen LogP contribution in [0.25, 0.3) is 0 Å². The summed E-state index contributed by atoms with van der Waals surface area (Å²) >= 11 is 0. The van der Waals surface area contributed by atoms with E-state index in [0.717, 1.165) is 5.76 Å². The monoisotopic (exact) mass is 514 g/mol. The van der Waals surface area contributed by atoms with Crippen LogP contribution in [0.3, 0.4) is 0 Å². The topological polar surface area (TPSA) is 106 Å². The largest absolute Gasteiger partial charge is 0.443 e. The first-order valence-corrected chi connectivity index (χ1v) is 10.6. The van der Waals surface area contributed by atoms with Crippen molar-refractivity contribution in [3.8, 4) is 0 Å². The highest BCUT2D eigenvalue weighted by molar-refractivity contribution is 14.0. The molecule has 8 nitrogen and oxygen atoms in total. The Morgan fingerprint density at radius 2 is 1.93 bits per heavy atom. The lowest BCUT2D eigenvalue weighted by atomic mass is 9.94. The molecule has 1 aromatic rings. The van der Waals surface area contributed by atoms with E-state index >= 15 is 0 Å². The van der Waals surface area contributed by atoms with E-state index < -0.39 is 14.6 Å². The first-order valence-electron chi connectivity index (χ1n) is 8.74. The van der Waals surface area contributed by atoms with Gasteiger partial charge in [0.15, 0.2) is 15.8 Å². The molecule has 1 saturated heterocycles. The fraction of sp³-hybridized carbons (Fsp3) is 0.765. The number of sulfone groups is 1. The number of hydrogen-bond acceptors (Lipinski definition) is 6. The van der Waals surface area contributed by atoms with E-state index in [4.69, 9.17) is 9.15 Å². The van der Waals surface area contributed by atoms with Gasteiger partial charge in [-0.05, 0) is 12.8 Å². The zero-order chi connectivity index (χ0) is 19.4. The van der Waals surface area contributed by atoms with Crippen molar-refractivity contribution >= 4 is 39.8 Å². The summed E-state index contributed by atoms with van der Waals surface area (Å²) in [5.74, 6) is 1.88. The Balaban J connectivity index is 0.00000364. The summed E-state index contributed by atoms with van der Waals surface area (Å²) in [6, 6.07) is 0. The number of guanidine groups is 1. The van der Waals surface area contributed by atoms with E-state index in [2.05, 4.69) is 41.4 Å². The number of ether oxygens (including phenoxy) is 1. The van der Waals surface area contributed by atoms with Gasteiger partial charge in [0.2, 0.25) is 5.89 Å². The van der Waals surface area contributed by atoms with Gasteiger partial charge >= 0.3 is 0 Å². The van der Waals surface area contributed by atoms with Crippen molar-refractivity contribution in [3.63, 3.8) is 0 Å². The molecule has 156 valence electrons. The summed E-state index contributed by atoms with van der Waals surface area (Å²) < 4.78 is 34.9. The quantitative estimate of drug-likeness (QED) is 0.351. The highest BCUT2D eigenvalue weighted by Gasteiger charge is 2.42. The first-order chi connectivity index (χ1) is 12.1. The standard InChI is InChI=1S/C17H30N4O4S.HI/c1-16(2,3)13-10-19-14(25-13)11-20-15(18-4)21-12-17(26(5,22)23)6-8-24-9-7-17;/h10H,6-9,11-12H2,1-5H3,(H2,18,20,21);1H. The Labute approximate surface area is 178 Å². The van der Waals surface area contributed by atoms with Crippen LogP contribution in [0, 0.1) is 0 Å². The maximum Gasteiger partial charge on any atom is 0.213 e. The molecule has 2 heterocycles. The number of aliphatic imine (C=N–C) groups is 1. The molecule has 10 heteroatoms. The van der Waals surface area contributed by atoms with Gasteiger partial charge in [-0.15, -0.1) is 24.0 Å². The highest BCUT2D eigenvalue weighted by atomic mass is 127. The smallest absolute Gasteiger partial charge is 0.213 e. The van der Waals surface area contributed by atoms with Crippen molar-refractivity contribution in [3.05, 3.63) is 17.8 Å². The molecule has 1 aromatic heterocycles. The molecule has 27 heavy (non-hydrogen) atoms. The number of nitrogens with zero attached hydrogens (tertiary/aromatic N) is 2. The molecule has 0 aliphatic carbocycles. The van der Waals surface area contributed by atoms with Crippen LogP contribution in [0.15, 0.2) is 15.6 Å². The van der Waals surface area contributed by atoms with Crippen LogP contribution in [0.4, 0.5) is 0 Å². The lowest BCUT2D eigenvalue weighted by Crippen LogP contribution is -2.53. The van der Waals surface area contributed by atoms with Gasteiger partial charge in [0.25, 0.3) is 0 Å². The zero-order valence-corrected chi connectivity index (χ0v) is 19.8. The van der Waals surface area contributed by atoms with Crippen molar-refractivity contribution in [1.29, 1.82) is 0 Å². The Hall–Kier alpha value is -0.880. The zero-order valence-electron chi connectivity index (χ0n) is 16.7. The molecule has 1 aliphatic rings. The molecular formula is C17H31IN4O4S. The van der Waals surface area contributed by atoms with E-state index in [-0.39, 0.29) is 35.9 Å². The van der Waals surface area contributed by atoms with Crippen LogP contribution in [0.2, 0.25) is 0 Å². The molecule has 0 amide bonds. The van der Waals surface area contributed by atoms with Gasteiger partial charge in [-0.25, -0.2) is 13.4 Å². The summed E-state index contributed by atoms with van der Waals surface area (Å²) in [7, 11) is -1.59. The van der Waals surface area contributed by atoms with Crippen molar-refractivity contribution < 1.29 is 17.6 Å². The lowest BCUT2D eigenvalue weighted by molar-refractivity contribution is 0.0756. The molecule has 0 saturated carbocycles. The summed E-state index contributed by atoms with van der Waals surface area (Å²) in [5, 5.41) is 6.24. The molecule has 0 atom stereocenters. The second-order valence-corrected chi connectivity index (χ2v) is 10.1. The van der Waals surface area contributed by atoms with Gasteiger partial charge in [0.1, 0.15) is 5.76 Å². The minimum absolute atomic E-state index is 0. The van der Waals surface area contributed by atoms with Crippen molar-refractivity contribution in [2.75, 3.05) is 33.1 Å². The second-order valence-electron chi connectivity index (χ2n) is 7.72. The predicted molar refractivity (Wildman–Crippen MR) is 116 cm³/mol. The molecule has 2 N–H and O–H groups in total. The van der Waals surface area contributed by atoms with Gasteiger partial charge in [0.05, 0.1) is 17.5 Å². The molecule has 2 rings (SSSR count). The summed E-state index contributed by atoms with van der Waals surface area (Å²) in [5.41, 5.74) is -0.101. The molecule has 0 spiro atoms. The van der Waals surface area contributed by atoms with Crippen LogP contribution >= 0.6 is 24.0 Å². The van der Waals surface area contributed by atoms with Gasteiger partial charge in [-0.1, -0.05) is 20.8 Å². The number of halogens is 1. The fourth-order valence-electron chi connectivity index (χ4n) is 2.79. The number of oxazole rings is 1. The van der Waals surface area contributed by atoms with E-state index in [1.165, 1.54) is 6.26 Å². The van der Waals surface area contributed by atoms with Crippen molar-refractivity contribution in [1.82, 2.24) is 15.6 Å². The SMILES string of the molecule is CN=C(NCc1ncc(C(C)(C)C)o1)NCC1(S(C)(=O)=O)CCOCC1.I. The highest BCUT2D eigenvalue weighted by Crippen LogP contribution is 2.28. The minimum Gasteiger partial charge on any atom is -0.443 e. The van der Waals surface area contributed by atoms with E-state index in [1.54, 1.807) is 13.2 Å². The Morgan fingerprint density at radius 3 is 2.41 bits per heavy atom. The third-order valence-electron chi connectivity index (χ3n) is 4.69.